The number of aliphatic hydroxyl groups is 1. The number of carbonyl (C=O) groups excluding carboxylic acids is 1. The van der Waals surface area contributed by atoms with E-state index in [0.717, 1.165) is 11.3 Å². The number of hydrogen-bond donors (Lipinski definition) is 2. The summed E-state index contributed by atoms with van der Waals surface area (Å²) in [4.78, 5) is 22.5. The van der Waals surface area contributed by atoms with Gasteiger partial charge in [0.1, 0.15) is 0 Å². The molecule has 6 nitrogen and oxygen atoms in total. The molecule has 1 aromatic rings. The van der Waals surface area contributed by atoms with Crippen LogP contribution in [0.1, 0.15) is 26.7 Å². The van der Waals surface area contributed by atoms with Crippen LogP contribution in [0.5, 0.6) is 0 Å². The molecule has 1 rings (SSSR count). The molecule has 1 unspecified atom stereocenters. The molecule has 1 amide bonds. The van der Waals surface area contributed by atoms with Crippen molar-refractivity contribution >= 4 is 23.4 Å². The zero-order chi connectivity index (χ0) is 15.9. The van der Waals surface area contributed by atoms with Crippen molar-refractivity contribution in [3.63, 3.8) is 0 Å². The number of amides is 1. The van der Waals surface area contributed by atoms with Crippen molar-refractivity contribution in [2.24, 2.45) is 0 Å². The average Bonchev–Trinajstić information content (AvgIpc) is 2.43. The van der Waals surface area contributed by atoms with E-state index in [1.807, 2.05) is 6.92 Å². The maximum absolute atomic E-state index is 11.7. The smallest absolute Gasteiger partial charge is 0.269 e. The van der Waals surface area contributed by atoms with Crippen molar-refractivity contribution < 1.29 is 14.8 Å². The number of nitrogens with one attached hydrogen (secondary N) is 1. The normalized spacial score (nSPS) is 13.5. The molecule has 0 radical (unpaired) electrons. The van der Waals surface area contributed by atoms with Gasteiger partial charge in [-0.2, -0.15) is 0 Å². The Hall–Kier alpha value is -1.60. The lowest BCUT2D eigenvalue weighted by atomic mass is 10.0. The quantitative estimate of drug-likeness (QED) is 0.437. The lowest BCUT2D eigenvalue weighted by molar-refractivity contribution is -0.384. The third-order valence-corrected chi connectivity index (χ3v) is 3.88. The molecule has 0 aromatic heterocycles. The molecule has 0 aliphatic rings. The first kappa shape index (κ1) is 17.5. The number of nitrogens with zero attached hydrogens (tertiary/aromatic N) is 1. The number of nitro groups is 1. The van der Waals surface area contributed by atoms with Crippen LogP contribution in [0.4, 0.5) is 5.69 Å². The molecule has 1 aromatic carbocycles. The van der Waals surface area contributed by atoms with Crippen LogP contribution in [0, 0.1) is 10.1 Å². The Labute approximate surface area is 128 Å². The summed E-state index contributed by atoms with van der Waals surface area (Å²) in [5.41, 5.74) is -0.859. The van der Waals surface area contributed by atoms with E-state index in [0.29, 0.717) is 6.42 Å². The van der Waals surface area contributed by atoms with Crippen LogP contribution >= 0.6 is 11.8 Å². The summed E-state index contributed by atoms with van der Waals surface area (Å²) in [6, 6.07) is 6.05. The zero-order valence-corrected chi connectivity index (χ0v) is 13.0. The summed E-state index contributed by atoms with van der Waals surface area (Å²) in [5, 5.41) is 23.2. The molecule has 0 saturated carbocycles. The molecule has 0 bridgehead atoms. The van der Waals surface area contributed by atoms with Crippen LogP contribution in [0.3, 0.4) is 0 Å². The highest BCUT2D eigenvalue weighted by molar-refractivity contribution is 8.00. The van der Waals surface area contributed by atoms with E-state index in [1.165, 1.54) is 23.9 Å². The topological polar surface area (TPSA) is 92.5 Å². The predicted molar refractivity (Wildman–Crippen MR) is 82.4 cm³/mol. The third kappa shape index (κ3) is 6.59. The molecule has 21 heavy (non-hydrogen) atoms. The Morgan fingerprint density at radius 3 is 2.57 bits per heavy atom. The van der Waals surface area contributed by atoms with Gasteiger partial charge in [-0.1, -0.05) is 13.3 Å². The molecule has 0 saturated heterocycles. The lowest BCUT2D eigenvalue weighted by Crippen LogP contribution is -2.41. The van der Waals surface area contributed by atoms with E-state index in [-0.39, 0.29) is 23.9 Å². The maximum atomic E-state index is 11.7. The zero-order valence-electron chi connectivity index (χ0n) is 12.2. The molecule has 0 aliphatic carbocycles. The van der Waals surface area contributed by atoms with Crippen molar-refractivity contribution in [1.82, 2.24) is 5.32 Å². The van der Waals surface area contributed by atoms with Crippen LogP contribution in [-0.4, -0.2) is 33.8 Å². The summed E-state index contributed by atoms with van der Waals surface area (Å²) in [6.07, 6.45) is 1.48. The van der Waals surface area contributed by atoms with E-state index in [2.05, 4.69) is 5.32 Å². The number of nitro benzene ring substituents is 1. The molecule has 2 N–H and O–H groups in total. The average molecular weight is 312 g/mol. The van der Waals surface area contributed by atoms with Gasteiger partial charge in [0.15, 0.2) is 0 Å². The monoisotopic (exact) mass is 312 g/mol. The highest BCUT2D eigenvalue weighted by atomic mass is 32.2. The maximum Gasteiger partial charge on any atom is 0.269 e. The number of thioether (sulfide) groups is 1. The molecule has 0 aliphatic heterocycles. The number of hydrogen-bond acceptors (Lipinski definition) is 5. The molecule has 116 valence electrons. The summed E-state index contributed by atoms with van der Waals surface area (Å²) in [7, 11) is 0. The van der Waals surface area contributed by atoms with Gasteiger partial charge in [0.25, 0.3) is 5.69 Å². The van der Waals surface area contributed by atoms with Crippen molar-refractivity contribution in [2.45, 2.75) is 37.2 Å². The molecule has 0 spiro atoms. The molecule has 0 heterocycles. The molecule has 0 fully saturated rings. The van der Waals surface area contributed by atoms with Crippen LogP contribution in [0.15, 0.2) is 29.2 Å². The summed E-state index contributed by atoms with van der Waals surface area (Å²) < 4.78 is 0. The standard InChI is InChI=1S/C14H20N2O4S/c1-3-8-14(2,18)10-15-13(17)9-21-12-6-4-11(5-7-12)16(19)20/h4-7,18H,3,8-10H2,1-2H3,(H,15,17). The number of carbonyl (C=O) groups is 1. The van der Waals surface area contributed by atoms with Crippen molar-refractivity contribution in [3.8, 4) is 0 Å². The van der Waals surface area contributed by atoms with Gasteiger partial charge in [-0.3, -0.25) is 14.9 Å². The second kappa shape index (κ2) is 7.99. The largest absolute Gasteiger partial charge is 0.388 e. The summed E-state index contributed by atoms with van der Waals surface area (Å²) in [6.45, 7) is 3.89. The van der Waals surface area contributed by atoms with Crippen LogP contribution in [-0.2, 0) is 4.79 Å². The minimum atomic E-state index is -0.886. The first-order chi connectivity index (χ1) is 9.84. The highest BCUT2D eigenvalue weighted by Crippen LogP contribution is 2.21. The Bertz CT molecular complexity index is 488. The first-order valence-corrected chi connectivity index (χ1v) is 7.69. The van der Waals surface area contributed by atoms with Gasteiger partial charge < -0.3 is 10.4 Å². The molecular weight excluding hydrogens is 292 g/mol. The van der Waals surface area contributed by atoms with E-state index in [9.17, 15) is 20.0 Å². The molecular formula is C14H20N2O4S. The van der Waals surface area contributed by atoms with E-state index < -0.39 is 10.5 Å². The Morgan fingerprint density at radius 2 is 2.05 bits per heavy atom. The fourth-order valence-electron chi connectivity index (χ4n) is 1.78. The molecule has 7 heteroatoms. The fourth-order valence-corrected chi connectivity index (χ4v) is 2.51. The second-order valence-electron chi connectivity index (χ2n) is 5.06. The van der Waals surface area contributed by atoms with Crippen molar-refractivity contribution in [2.75, 3.05) is 12.3 Å². The third-order valence-electron chi connectivity index (χ3n) is 2.87. The van der Waals surface area contributed by atoms with Crippen LogP contribution < -0.4 is 5.32 Å². The Kier molecular flexibility index (Phi) is 6.64. The summed E-state index contributed by atoms with van der Waals surface area (Å²) in [5.74, 6) is 0.0368. The van der Waals surface area contributed by atoms with E-state index >= 15 is 0 Å². The Balaban J connectivity index is 2.37. The van der Waals surface area contributed by atoms with Gasteiger partial charge in [-0.15, -0.1) is 11.8 Å². The second-order valence-corrected chi connectivity index (χ2v) is 6.11. The first-order valence-electron chi connectivity index (χ1n) is 6.70. The number of benzene rings is 1. The van der Waals surface area contributed by atoms with E-state index in [1.54, 1.807) is 19.1 Å². The van der Waals surface area contributed by atoms with Gasteiger partial charge in [0.05, 0.1) is 16.3 Å². The van der Waals surface area contributed by atoms with Gasteiger partial charge in [-0.05, 0) is 25.5 Å². The highest BCUT2D eigenvalue weighted by Gasteiger charge is 2.19. The van der Waals surface area contributed by atoms with Gasteiger partial charge >= 0.3 is 0 Å². The van der Waals surface area contributed by atoms with Crippen LogP contribution in [0.2, 0.25) is 0 Å². The molecule has 1 atom stereocenters. The van der Waals surface area contributed by atoms with Crippen molar-refractivity contribution in [1.29, 1.82) is 0 Å². The van der Waals surface area contributed by atoms with Gasteiger partial charge in [0.2, 0.25) is 5.91 Å². The van der Waals surface area contributed by atoms with Crippen molar-refractivity contribution in [3.05, 3.63) is 34.4 Å². The summed E-state index contributed by atoms with van der Waals surface area (Å²) >= 11 is 1.30. The van der Waals surface area contributed by atoms with E-state index in [4.69, 9.17) is 0 Å². The number of rotatable bonds is 8. The fraction of sp³-hybridized carbons (Fsp3) is 0.500. The predicted octanol–water partition coefficient (Wildman–Crippen LogP) is 2.35. The minimum Gasteiger partial charge on any atom is -0.388 e. The number of non-ortho nitro benzene ring substituents is 1. The van der Waals surface area contributed by atoms with Crippen LogP contribution in [0.25, 0.3) is 0 Å². The minimum absolute atomic E-state index is 0.0272. The SMILES string of the molecule is CCCC(C)(O)CNC(=O)CSc1ccc([N+](=O)[O-])cc1. The van der Waals surface area contributed by atoms with Gasteiger partial charge in [0, 0.05) is 23.6 Å². The Morgan fingerprint density at radius 1 is 1.43 bits per heavy atom. The van der Waals surface area contributed by atoms with Gasteiger partial charge in [-0.25, -0.2) is 0 Å². The lowest BCUT2D eigenvalue weighted by Gasteiger charge is -2.22.